The average Bonchev–Trinajstić information content (AvgIpc) is 2.66. The summed E-state index contributed by atoms with van der Waals surface area (Å²) in [5, 5.41) is 3.05. The van der Waals surface area contributed by atoms with Gasteiger partial charge in [0.2, 0.25) is 15.9 Å². The summed E-state index contributed by atoms with van der Waals surface area (Å²) in [7, 11) is -3.42. The highest BCUT2D eigenvalue weighted by atomic mass is 32.2. The highest BCUT2D eigenvalue weighted by Crippen LogP contribution is 2.25. The van der Waals surface area contributed by atoms with Gasteiger partial charge >= 0.3 is 0 Å². The van der Waals surface area contributed by atoms with Gasteiger partial charge in [-0.15, -0.1) is 0 Å². The van der Waals surface area contributed by atoms with Crippen molar-refractivity contribution in [1.82, 2.24) is 5.32 Å². The Labute approximate surface area is 168 Å². The molecule has 6 heteroatoms. The van der Waals surface area contributed by atoms with Crippen LogP contribution in [0.25, 0.3) is 0 Å². The minimum atomic E-state index is -3.42. The molecular formula is C22H30N2O3S. The van der Waals surface area contributed by atoms with Gasteiger partial charge in [-0.3, -0.25) is 9.10 Å². The van der Waals surface area contributed by atoms with Crippen LogP contribution >= 0.6 is 0 Å². The van der Waals surface area contributed by atoms with E-state index in [1.165, 1.54) is 10.6 Å². The monoisotopic (exact) mass is 402 g/mol. The van der Waals surface area contributed by atoms with Crippen LogP contribution in [-0.4, -0.2) is 27.1 Å². The number of nitrogens with one attached hydrogen (secondary N) is 1. The smallest absolute Gasteiger partial charge is 0.232 e. The van der Waals surface area contributed by atoms with Crippen LogP contribution in [0.15, 0.2) is 48.5 Å². The average molecular weight is 403 g/mol. The maximum Gasteiger partial charge on any atom is 0.232 e. The Morgan fingerprint density at radius 3 is 2.36 bits per heavy atom. The first-order valence-corrected chi connectivity index (χ1v) is 11.5. The van der Waals surface area contributed by atoms with Crippen LogP contribution in [0.4, 0.5) is 5.69 Å². The van der Waals surface area contributed by atoms with Crippen LogP contribution in [0.1, 0.15) is 48.9 Å². The van der Waals surface area contributed by atoms with Crippen molar-refractivity contribution in [2.75, 3.05) is 17.1 Å². The minimum absolute atomic E-state index is 0.0290. The van der Waals surface area contributed by atoms with Crippen molar-refractivity contribution in [3.8, 4) is 0 Å². The lowest BCUT2D eigenvalue weighted by atomic mass is 10.0. The summed E-state index contributed by atoms with van der Waals surface area (Å²) >= 11 is 0. The van der Waals surface area contributed by atoms with Gasteiger partial charge in [0.05, 0.1) is 18.0 Å². The normalized spacial score (nSPS) is 12.4. The first kappa shape index (κ1) is 22.0. The molecule has 0 aromatic heterocycles. The van der Waals surface area contributed by atoms with Crippen molar-refractivity contribution in [2.24, 2.45) is 0 Å². The summed E-state index contributed by atoms with van der Waals surface area (Å²) in [6, 6.07) is 15.5. The topological polar surface area (TPSA) is 66.5 Å². The predicted octanol–water partition coefficient (Wildman–Crippen LogP) is 4.12. The molecule has 152 valence electrons. The Morgan fingerprint density at radius 2 is 1.75 bits per heavy atom. The van der Waals surface area contributed by atoms with Crippen LogP contribution in [0, 0.1) is 13.8 Å². The van der Waals surface area contributed by atoms with Crippen LogP contribution < -0.4 is 9.62 Å². The van der Waals surface area contributed by atoms with Gasteiger partial charge in [-0.1, -0.05) is 49.4 Å². The molecule has 0 bridgehead atoms. The Kier molecular flexibility index (Phi) is 7.63. The third-order valence-electron chi connectivity index (χ3n) is 4.96. The molecule has 2 rings (SSSR count). The van der Waals surface area contributed by atoms with Crippen LogP contribution in [0.2, 0.25) is 0 Å². The van der Waals surface area contributed by atoms with E-state index < -0.39 is 10.0 Å². The predicted molar refractivity (Wildman–Crippen MR) is 115 cm³/mol. The zero-order valence-electron chi connectivity index (χ0n) is 17.1. The number of hydrogen-bond acceptors (Lipinski definition) is 3. The van der Waals surface area contributed by atoms with Gasteiger partial charge in [0, 0.05) is 13.0 Å². The van der Waals surface area contributed by atoms with E-state index in [4.69, 9.17) is 0 Å². The molecule has 0 fully saturated rings. The molecule has 0 saturated heterocycles. The van der Waals surface area contributed by atoms with Crippen molar-refractivity contribution in [3.05, 3.63) is 65.2 Å². The van der Waals surface area contributed by atoms with Crippen LogP contribution in [0.3, 0.4) is 0 Å². The van der Waals surface area contributed by atoms with E-state index in [0.717, 1.165) is 23.1 Å². The van der Waals surface area contributed by atoms with Gasteiger partial charge in [-0.2, -0.15) is 0 Å². The van der Waals surface area contributed by atoms with Crippen LogP contribution in [-0.2, 0) is 14.8 Å². The highest BCUT2D eigenvalue weighted by molar-refractivity contribution is 7.92. The van der Waals surface area contributed by atoms with E-state index in [9.17, 15) is 13.2 Å². The molecule has 0 saturated carbocycles. The summed E-state index contributed by atoms with van der Waals surface area (Å²) in [4.78, 5) is 12.4. The number of nitrogens with zero attached hydrogens (tertiary/aromatic N) is 1. The molecule has 2 aromatic rings. The number of sulfonamides is 1. The maximum atomic E-state index is 12.4. The number of hydrogen-bond donors (Lipinski definition) is 1. The summed E-state index contributed by atoms with van der Waals surface area (Å²) < 4.78 is 26.0. The number of rotatable bonds is 9. The van der Waals surface area contributed by atoms with Crippen molar-refractivity contribution >= 4 is 21.6 Å². The molecule has 1 N–H and O–H groups in total. The fraction of sp³-hybridized carbons (Fsp3) is 0.409. The lowest BCUT2D eigenvalue weighted by Crippen LogP contribution is -2.33. The van der Waals surface area contributed by atoms with E-state index in [1.807, 2.05) is 69.3 Å². The number of carbonyl (C=O) groups is 1. The maximum absolute atomic E-state index is 12.4. The number of carbonyl (C=O) groups excluding carboxylic acids is 1. The molecule has 0 aliphatic heterocycles. The van der Waals surface area contributed by atoms with Gasteiger partial charge in [0.1, 0.15) is 0 Å². The van der Waals surface area contributed by atoms with Crippen molar-refractivity contribution in [2.45, 2.75) is 46.1 Å². The minimum Gasteiger partial charge on any atom is -0.349 e. The van der Waals surface area contributed by atoms with E-state index in [-0.39, 0.29) is 24.9 Å². The number of amides is 1. The second-order valence-electron chi connectivity index (χ2n) is 7.10. The van der Waals surface area contributed by atoms with E-state index in [2.05, 4.69) is 5.32 Å². The van der Waals surface area contributed by atoms with Gasteiger partial charge in [0.15, 0.2) is 0 Å². The fourth-order valence-corrected chi connectivity index (χ4v) is 4.24. The molecule has 0 aliphatic carbocycles. The first-order valence-electron chi connectivity index (χ1n) is 9.62. The summed E-state index contributed by atoms with van der Waals surface area (Å²) in [6.45, 7) is 6.19. The summed E-state index contributed by atoms with van der Waals surface area (Å²) in [6.07, 6.45) is 2.74. The van der Waals surface area contributed by atoms with E-state index in [1.54, 1.807) is 0 Å². The third-order valence-corrected chi connectivity index (χ3v) is 6.14. The zero-order chi connectivity index (χ0) is 20.7. The van der Waals surface area contributed by atoms with Gasteiger partial charge in [-0.05, 0) is 49.4 Å². The molecule has 1 atom stereocenters. The number of aryl methyl sites for hydroxylation is 1. The molecule has 2 aromatic carbocycles. The Morgan fingerprint density at radius 1 is 1.07 bits per heavy atom. The standard InChI is InChI=1S/C22H30N2O3S/c1-5-20(19-12-7-6-8-13-19)23-22(25)15-10-16-24(28(4,26)27)21-14-9-11-17(2)18(21)3/h6-9,11-14,20H,5,10,15-16H2,1-4H3,(H,23,25). The van der Waals surface area contributed by atoms with Crippen molar-refractivity contribution < 1.29 is 13.2 Å². The zero-order valence-corrected chi connectivity index (χ0v) is 17.9. The van der Waals surface area contributed by atoms with Crippen LogP contribution in [0.5, 0.6) is 0 Å². The molecular weight excluding hydrogens is 372 g/mol. The summed E-state index contributed by atoms with van der Waals surface area (Å²) in [5.41, 5.74) is 3.73. The highest BCUT2D eigenvalue weighted by Gasteiger charge is 2.20. The SMILES string of the molecule is CCC(NC(=O)CCCN(c1cccc(C)c1C)S(C)(=O)=O)c1ccccc1. The van der Waals surface area contributed by atoms with Gasteiger partial charge in [-0.25, -0.2) is 8.42 Å². The second-order valence-corrected chi connectivity index (χ2v) is 9.00. The quantitative estimate of drug-likeness (QED) is 0.686. The molecule has 0 radical (unpaired) electrons. The second kappa shape index (κ2) is 9.73. The molecule has 0 heterocycles. The molecule has 1 amide bonds. The Bertz CT molecular complexity index is 895. The van der Waals surface area contributed by atoms with Crippen molar-refractivity contribution in [1.29, 1.82) is 0 Å². The molecule has 1 unspecified atom stereocenters. The van der Waals surface area contributed by atoms with E-state index in [0.29, 0.717) is 12.1 Å². The van der Waals surface area contributed by atoms with Crippen molar-refractivity contribution in [3.63, 3.8) is 0 Å². The lowest BCUT2D eigenvalue weighted by Gasteiger charge is -2.25. The van der Waals surface area contributed by atoms with E-state index >= 15 is 0 Å². The number of benzene rings is 2. The molecule has 5 nitrogen and oxygen atoms in total. The summed E-state index contributed by atoms with van der Waals surface area (Å²) in [5.74, 6) is -0.0647. The molecule has 0 spiro atoms. The third kappa shape index (κ3) is 5.83. The number of anilines is 1. The fourth-order valence-electron chi connectivity index (χ4n) is 3.23. The van der Waals surface area contributed by atoms with Gasteiger partial charge < -0.3 is 5.32 Å². The van der Waals surface area contributed by atoms with Gasteiger partial charge in [0.25, 0.3) is 0 Å². The Balaban J connectivity index is 2.00. The largest absolute Gasteiger partial charge is 0.349 e. The molecule has 0 aliphatic rings. The Hall–Kier alpha value is -2.34. The molecule has 28 heavy (non-hydrogen) atoms. The lowest BCUT2D eigenvalue weighted by molar-refractivity contribution is -0.121. The first-order chi connectivity index (χ1) is 13.2.